The summed E-state index contributed by atoms with van der Waals surface area (Å²) in [6.07, 6.45) is 18.6. The number of rotatable bonds is 13. The minimum Gasteiger partial charge on any atom is -0.0654 e. The average Bonchev–Trinajstić information content (AvgIpc) is 2.39. The highest BCUT2D eigenvalue weighted by Crippen LogP contribution is 2.34. The lowest BCUT2D eigenvalue weighted by Crippen LogP contribution is -2.15. The molecule has 0 bridgehead atoms. The van der Waals surface area contributed by atoms with Gasteiger partial charge in [-0.3, -0.25) is 0 Å². The van der Waals surface area contributed by atoms with E-state index in [1.54, 1.807) is 0 Å². The smallest absolute Gasteiger partial charge is 0.0328 e. The van der Waals surface area contributed by atoms with E-state index in [1.165, 1.54) is 83.5 Å². The van der Waals surface area contributed by atoms with Crippen molar-refractivity contribution in [2.45, 2.75) is 111 Å². The SMILES string of the molecule is CCCCCCCCC(C)(CC)CCCCCC. The molecule has 0 amide bonds. The molecule has 0 heterocycles. The number of hydrogen-bond acceptors (Lipinski definition) is 0. The molecule has 0 saturated carbocycles. The molecule has 0 radical (unpaired) electrons. The van der Waals surface area contributed by atoms with Crippen LogP contribution in [0, 0.1) is 5.41 Å². The largest absolute Gasteiger partial charge is 0.0654 e. The van der Waals surface area contributed by atoms with Crippen molar-refractivity contribution in [2.75, 3.05) is 0 Å². The summed E-state index contributed by atoms with van der Waals surface area (Å²) in [4.78, 5) is 0. The zero-order valence-electron chi connectivity index (χ0n) is 13.7. The van der Waals surface area contributed by atoms with Gasteiger partial charge in [-0.1, -0.05) is 98.3 Å². The topological polar surface area (TPSA) is 0 Å². The van der Waals surface area contributed by atoms with Gasteiger partial charge in [0.25, 0.3) is 0 Å². The molecular weight excluding hydrogens is 216 g/mol. The van der Waals surface area contributed by atoms with Crippen molar-refractivity contribution in [3.63, 3.8) is 0 Å². The van der Waals surface area contributed by atoms with Crippen LogP contribution in [0.3, 0.4) is 0 Å². The van der Waals surface area contributed by atoms with E-state index in [0.717, 1.165) is 0 Å². The molecule has 0 aliphatic carbocycles. The molecule has 0 aromatic rings. The monoisotopic (exact) mass is 254 g/mol. The molecule has 1 atom stereocenters. The van der Waals surface area contributed by atoms with Gasteiger partial charge in [-0.25, -0.2) is 0 Å². The molecule has 0 spiro atoms. The maximum atomic E-state index is 2.52. The Hall–Kier alpha value is 0. The molecule has 0 aromatic carbocycles. The van der Waals surface area contributed by atoms with Gasteiger partial charge < -0.3 is 0 Å². The van der Waals surface area contributed by atoms with Crippen LogP contribution >= 0.6 is 0 Å². The summed E-state index contributed by atoms with van der Waals surface area (Å²) >= 11 is 0. The molecule has 0 aliphatic rings. The van der Waals surface area contributed by atoms with E-state index in [-0.39, 0.29) is 0 Å². The molecule has 110 valence electrons. The molecular formula is C18H38. The first-order chi connectivity index (χ1) is 8.68. The minimum absolute atomic E-state index is 0.637. The quantitative estimate of drug-likeness (QED) is 0.307. The Morgan fingerprint density at radius 1 is 0.556 bits per heavy atom. The average molecular weight is 255 g/mol. The van der Waals surface area contributed by atoms with Crippen molar-refractivity contribution in [1.29, 1.82) is 0 Å². The zero-order chi connectivity index (χ0) is 13.7. The second kappa shape index (κ2) is 12.1. The van der Waals surface area contributed by atoms with E-state index in [9.17, 15) is 0 Å². The van der Waals surface area contributed by atoms with Crippen LogP contribution in [0.2, 0.25) is 0 Å². The van der Waals surface area contributed by atoms with Crippen molar-refractivity contribution >= 4 is 0 Å². The Morgan fingerprint density at radius 3 is 1.39 bits per heavy atom. The Kier molecular flexibility index (Phi) is 12.1. The Bertz CT molecular complexity index is 161. The first-order valence-corrected chi connectivity index (χ1v) is 8.68. The lowest BCUT2D eigenvalue weighted by molar-refractivity contribution is 0.241. The molecule has 0 saturated heterocycles. The Morgan fingerprint density at radius 2 is 0.944 bits per heavy atom. The molecule has 1 unspecified atom stereocenters. The van der Waals surface area contributed by atoms with E-state index in [0.29, 0.717) is 5.41 Å². The summed E-state index contributed by atoms with van der Waals surface area (Å²) in [5.41, 5.74) is 0.637. The van der Waals surface area contributed by atoms with E-state index in [1.807, 2.05) is 0 Å². The minimum atomic E-state index is 0.637. The third kappa shape index (κ3) is 9.97. The fourth-order valence-electron chi connectivity index (χ4n) is 2.79. The molecule has 0 aromatic heterocycles. The molecule has 0 rings (SSSR count). The molecule has 0 fully saturated rings. The van der Waals surface area contributed by atoms with Crippen LogP contribution in [0.4, 0.5) is 0 Å². The van der Waals surface area contributed by atoms with Crippen molar-refractivity contribution in [3.05, 3.63) is 0 Å². The maximum Gasteiger partial charge on any atom is -0.0328 e. The zero-order valence-corrected chi connectivity index (χ0v) is 13.7. The lowest BCUT2D eigenvalue weighted by atomic mass is 9.77. The van der Waals surface area contributed by atoms with Crippen LogP contribution in [-0.4, -0.2) is 0 Å². The van der Waals surface area contributed by atoms with Gasteiger partial charge in [0, 0.05) is 0 Å². The molecule has 0 N–H and O–H groups in total. The van der Waals surface area contributed by atoms with E-state index in [2.05, 4.69) is 27.7 Å². The fourth-order valence-corrected chi connectivity index (χ4v) is 2.79. The molecule has 0 nitrogen and oxygen atoms in total. The summed E-state index contributed by atoms with van der Waals surface area (Å²) in [7, 11) is 0. The molecule has 0 heteroatoms. The van der Waals surface area contributed by atoms with Crippen LogP contribution in [0.5, 0.6) is 0 Å². The predicted octanol–water partition coefficient (Wildman–Crippen LogP) is 7.12. The molecule has 0 aliphatic heterocycles. The first-order valence-electron chi connectivity index (χ1n) is 8.68. The van der Waals surface area contributed by atoms with Gasteiger partial charge in [0.15, 0.2) is 0 Å². The highest BCUT2D eigenvalue weighted by molar-refractivity contribution is 4.72. The summed E-state index contributed by atoms with van der Waals surface area (Å²) in [5, 5.41) is 0. The first kappa shape index (κ1) is 18.0. The van der Waals surface area contributed by atoms with E-state index < -0.39 is 0 Å². The van der Waals surface area contributed by atoms with E-state index >= 15 is 0 Å². The molecule has 18 heavy (non-hydrogen) atoms. The fraction of sp³-hybridized carbons (Fsp3) is 1.00. The van der Waals surface area contributed by atoms with E-state index in [4.69, 9.17) is 0 Å². The van der Waals surface area contributed by atoms with Gasteiger partial charge >= 0.3 is 0 Å². The number of unbranched alkanes of at least 4 members (excludes halogenated alkanes) is 8. The van der Waals surface area contributed by atoms with Crippen LogP contribution in [0.1, 0.15) is 111 Å². The summed E-state index contributed by atoms with van der Waals surface area (Å²) in [6, 6.07) is 0. The Balaban J connectivity index is 3.58. The van der Waals surface area contributed by atoms with Gasteiger partial charge in [-0.15, -0.1) is 0 Å². The van der Waals surface area contributed by atoms with Gasteiger partial charge in [0.05, 0.1) is 0 Å². The van der Waals surface area contributed by atoms with Crippen molar-refractivity contribution in [1.82, 2.24) is 0 Å². The maximum absolute atomic E-state index is 2.52. The predicted molar refractivity (Wildman–Crippen MR) is 85.2 cm³/mol. The summed E-state index contributed by atoms with van der Waals surface area (Å²) < 4.78 is 0. The van der Waals surface area contributed by atoms with Crippen LogP contribution in [-0.2, 0) is 0 Å². The third-order valence-electron chi connectivity index (χ3n) is 4.62. The summed E-state index contributed by atoms with van der Waals surface area (Å²) in [5.74, 6) is 0. The highest BCUT2D eigenvalue weighted by atomic mass is 14.3. The van der Waals surface area contributed by atoms with Gasteiger partial charge in [-0.2, -0.15) is 0 Å². The summed E-state index contributed by atoms with van der Waals surface area (Å²) in [6.45, 7) is 9.50. The van der Waals surface area contributed by atoms with Crippen molar-refractivity contribution < 1.29 is 0 Å². The van der Waals surface area contributed by atoms with Crippen LogP contribution in [0.15, 0.2) is 0 Å². The number of hydrogen-bond donors (Lipinski definition) is 0. The Labute approximate surface area is 117 Å². The van der Waals surface area contributed by atoms with Crippen molar-refractivity contribution in [2.24, 2.45) is 5.41 Å². The second-order valence-electron chi connectivity index (χ2n) is 6.49. The van der Waals surface area contributed by atoms with Gasteiger partial charge in [0.1, 0.15) is 0 Å². The van der Waals surface area contributed by atoms with Gasteiger partial charge in [-0.05, 0) is 18.3 Å². The second-order valence-corrected chi connectivity index (χ2v) is 6.49. The van der Waals surface area contributed by atoms with Crippen LogP contribution in [0.25, 0.3) is 0 Å². The van der Waals surface area contributed by atoms with Crippen LogP contribution < -0.4 is 0 Å². The highest BCUT2D eigenvalue weighted by Gasteiger charge is 2.20. The standard InChI is InChI=1S/C18H38/c1-5-8-10-12-13-15-17-18(4,7-3)16-14-11-9-6-2/h5-17H2,1-4H3. The van der Waals surface area contributed by atoms with Gasteiger partial charge in [0.2, 0.25) is 0 Å². The van der Waals surface area contributed by atoms with Crippen molar-refractivity contribution in [3.8, 4) is 0 Å². The normalized spacial score (nSPS) is 14.7. The third-order valence-corrected chi connectivity index (χ3v) is 4.62. The lowest BCUT2D eigenvalue weighted by Gasteiger charge is -2.28.